The summed E-state index contributed by atoms with van der Waals surface area (Å²) in [5, 5.41) is 6.79. The number of ether oxygens (including phenoxy) is 1. The molecule has 2 aliphatic rings. The maximum Gasteiger partial charge on any atom is 0.239 e. The average Bonchev–Trinajstić information content (AvgIpc) is 2.76. The summed E-state index contributed by atoms with van der Waals surface area (Å²) in [6.45, 7) is 8.88. The summed E-state index contributed by atoms with van der Waals surface area (Å²) in [6.07, 6.45) is 1.08. The number of nitrogens with one attached hydrogen (secondary N) is 2. The first-order valence-electron chi connectivity index (χ1n) is 6.46. The zero-order valence-electron chi connectivity index (χ0n) is 10.8. The van der Waals surface area contributed by atoms with Crippen LogP contribution in [0.5, 0.6) is 0 Å². The molecule has 2 saturated heterocycles. The Balaban J connectivity index is 1.85. The lowest BCUT2D eigenvalue weighted by Crippen LogP contribution is -2.56. The lowest BCUT2D eigenvalue weighted by Gasteiger charge is -2.33. The van der Waals surface area contributed by atoms with Crippen LogP contribution in [0, 0.1) is 0 Å². The quantitative estimate of drug-likeness (QED) is 0.704. The van der Waals surface area contributed by atoms with Gasteiger partial charge in [0.15, 0.2) is 0 Å². The first-order valence-corrected chi connectivity index (χ1v) is 6.46. The van der Waals surface area contributed by atoms with Gasteiger partial charge in [-0.3, -0.25) is 10.1 Å². The molecule has 0 bridgehead atoms. The molecule has 0 spiro atoms. The first-order chi connectivity index (χ1) is 8.11. The molecule has 2 fully saturated rings. The van der Waals surface area contributed by atoms with E-state index in [2.05, 4.69) is 17.6 Å². The molecule has 0 radical (unpaired) electrons. The standard InChI is InChI=1S/C12H23N3O2/c1-10(14-12(2)3-4-13-9-12)11(16)15-5-7-17-8-6-15/h10,13-14H,3-9H2,1-2H3. The zero-order chi connectivity index (χ0) is 12.3. The van der Waals surface area contributed by atoms with Crippen molar-refractivity contribution in [3.63, 3.8) is 0 Å². The molecule has 2 rings (SSSR count). The Morgan fingerprint density at radius 1 is 1.47 bits per heavy atom. The summed E-state index contributed by atoms with van der Waals surface area (Å²) in [4.78, 5) is 14.1. The van der Waals surface area contributed by atoms with Crippen LogP contribution in [0.15, 0.2) is 0 Å². The minimum Gasteiger partial charge on any atom is -0.378 e. The van der Waals surface area contributed by atoms with Crippen molar-refractivity contribution in [3.05, 3.63) is 0 Å². The molecule has 2 unspecified atom stereocenters. The highest BCUT2D eigenvalue weighted by Crippen LogP contribution is 2.15. The van der Waals surface area contributed by atoms with Crippen molar-refractivity contribution in [2.24, 2.45) is 0 Å². The van der Waals surface area contributed by atoms with Crippen LogP contribution < -0.4 is 10.6 Å². The van der Waals surface area contributed by atoms with E-state index in [0.717, 1.165) is 32.6 Å². The topological polar surface area (TPSA) is 53.6 Å². The van der Waals surface area contributed by atoms with E-state index in [1.165, 1.54) is 0 Å². The summed E-state index contributed by atoms with van der Waals surface area (Å²) in [5.74, 6) is 0.196. The van der Waals surface area contributed by atoms with E-state index in [0.29, 0.717) is 13.2 Å². The summed E-state index contributed by atoms with van der Waals surface area (Å²) < 4.78 is 5.26. The molecule has 0 saturated carbocycles. The largest absolute Gasteiger partial charge is 0.378 e. The molecule has 2 N–H and O–H groups in total. The monoisotopic (exact) mass is 241 g/mol. The molecule has 2 heterocycles. The van der Waals surface area contributed by atoms with Gasteiger partial charge in [0.1, 0.15) is 0 Å². The molecule has 0 aromatic carbocycles. The molecule has 98 valence electrons. The zero-order valence-corrected chi connectivity index (χ0v) is 10.8. The fourth-order valence-electron chi connectivity index (χ4n) is 2.58. The SMILES string of the molecule is CC(NC1(C)CCNC1)C(=O)N1CCOCC1. The molecule has 0 aromatic rings. The minimum absolute atomic E-state index is 0.0569. The van der Waals surface area contributed by atoms with E-state index >= 15 is 0 Å². The van der Waals surface area contributed by atoms with Crippen molar-refractivity contribution in [1.29, 1.82) is 0 Å². The summed E-state index contributed by atoms with van der Waals surface area (Å²) >= 11 is 0. The molecule has 5 nitrogen and oxygen atoms in total. The predicted octanol–water partition coefficient (Wildman–Crippen LogP) is -0.425. The van der Waals surface area contributed by atoms with E-state index < -0.39 is 0 Å². The normalized spacial score (nSPS) is 31.5. The van der Waals surface area contributed by atoms with Crippen LogP contribution in [-0.4, -0.2) is 61.8 Å². The molecular weight excluding hydrogens is 218 g/mol. The number of amides is 1. The number of carbonyl (C=O) groups is 1. The lowest BCUT2D eigenvalue weighted by atomic mass is 10.00. The number of hydrogen-bond acceptors (Lipinski definition) is 4. The van der Waals surface area contributed by atoms with Crippen LogP contribution in [-0.2, 0) is 9.53 Å². The van der Waals surface area contributed by atoms with Gasteiger partial charge in [0.25, 0.3) is 0 Å². The predicted molar refractivity (Wildman–Crippen MR) is 65.9 cm³/mol. The van der Waals surface area contributed by atoms with Crippen LogP contribution in [0.25, 0.3) is 0 Å². The van der Waals surface area contributed by atoms with E-state index in [-0.39, 0.29) is 17.5 Å². The Hall–Kier alpha value is -0.650. The van der Waals surface area contributed by atoms with Gasteiger partial charge in [0.2, 0.25) is 5.91 Å². The number of rotatable bonds is 3. The molecule has 0 aromatic heterocycles. The summed E-state index contributed by atoms with van der Waals surface area (Å²) in [7, 11) is 0. The van der Waals surface area contributed by atoms with Crippen LogP contribution >= 0.6 is 0 Å². The van der Waals surface area contributed by atoms with Crippen molar-refractivity contribution in [1.82, 2.24) is 15.5 Å². The van der Waals surface area contributed by atoms with Crippen molar-refractivity contribution in [2.75, 3.05) is 39.4 Å². The Labute approximate surface area is 103 Å². The van der Waals surface area contributed by atoms with Crippen molar-refractivity contribution >= 4 is 5.91 Å². The smallest absolute Gasteiger partial charge is 0.239 e. The third-order valence-corrected chi connectivity index (χ3v) is 3.63. The number of nitrogens with zero attached hydrogens (tertiary/aromatic N) is 1. The fraction of sp³-hybridized carbons (Fsp3) is 0.917. The fourth-order valence-corrected chi connectivity index (χ4v) is 2.58. The molecule has 2 atom stereocenters. The summed E-state index contributed by atoms with van der Waals surface area (Å²) in [5.41, 5.74) is 0.0569. The number of morpholine rings is 1. The lowest BCUT2D eigenvalue weighted by molar-refractivity contribution is -0.137. The van der Waals surface area contributed by atoms with Gasteiger partial charge in [-0.15, -0.1) is 0 Å². The van der Waals surface area contributed by atoms with E-state index in [9.17, 15) is 4.79 Å². The van der Waals surface area contributed by atoms with Crippen LogP contribution in [0.4, 0.5) is 0 Å². The number of hydrogen-bond donors (Lipinski definition) is 2. The number of carbonyl (C=O) groups excluding carboxylic acids is 1. The first kappa shape index (κ1) is 12.8. The molecule has 5 heteroatoms. The second-order valence-electron chi connectivity index (χ2n) is 5.29. The van der Waals surface area contributed by atoms with Gasteiger partial charge in [0, 0.05) is 25.2 Å². The average molecular weight is 241 g/mol. The Kier molecular flexibility index (Phi) is 4.01. The summed E-state index contributed by atoms with van der Waals surface area (Å²) in [6, 6.07) is -0.113. The van der Waals surface area contributed by atoms with Crippen molar-refractivity contribution in [3.8, 4) is 0 Å². The van der Waals surface area contributed by atoms with Crippen LogP contribution in [0.1, 0.15) is 20.3 Å². The van der Waals surface area contributed by atoms with E-state index in [4.69, 9.17) is 4.74 Å². The highest BCUT2D eigenvalue weighted by atomic mass is 16.5. The molecule has 17 heavy (non-hydrogen) atoms. The second-order valence-corrected chi connectivity index (χ2v) is 5.29. The molecule has 2 aliphatic heterocycles. The van der Waals surface area contributed by atoms with Gasteiger partial charge in [0.05, 0.1) is 19.3 Å². The van der Waals surface area contributed by atoms with Gasteiger partial charge in [-0.2, -0.15) is 0 Å². The van der Waals surface area contributed by atoms with Gasteiger partial charge in [-0.25, -0.2) is 0 Å². The molecule has 1 amide bonds. The maximum atomic E-state index is 12.2. The highest BCUT2D eigenvalue weighted by molar-refractivity contribution is 5.81. The molecule has 0 aliphatic carbocycles. The second kappa shape index (κ2) is 5.33. The van der Waals surface area contributed by atoms with Crippen LogP contribution in [0.3, 0.4) is 0 Å². The van der Waals surface area contributed by atoms with Gasteiger partial charge < -0.3 is 15.0 Å². The Bertz CT molecular complexity index is 271. The third-order valence-electron chi connectivity index (χ3n) is 3.63. The van der Waals surface area contributed by atoms with E-state index in [1.54, 1.807) is 0 Å². The van der Waals surface area contributed by atoms with Gasteiger partial charge in [-0.05, 0) is 26.8 Å². The van der Waals surface area contributed by atoms with Crippen LogP contribution in [0.2, 0.25) is 0 Å². The molecular formula is C12H23N3O2. The highest BCUT2D eigenvalue weighted by Gasteiger charge is 2.32. The Morgan fingerprint density at radius 3 is 2.76 bits per heavy atom. The van der Waals surface area contributed by atoms with E-state index in [1.807, 2.05) is 11.8 Å². The maximum absolute atomic E-state index is 12.2. The third kappa shape index (κ3) is 3.18. The van der Waals surface area contributed by atoms with Crippen molar-refractivity contribution < 1.29 is 9.53 Å². The van der Waals surface area contributed by atoms with Gasteiger partial charge >= 0.3 is 0 Å². The van der Waals surface area contributed by atoms with Crippen molar-refractivity contribution in [2.45, 2.75) is 31.8 Å². The minimum atomic E-state index is -0.113. The van der Waals surface area contributed by atoms with Gasteiger partial charge in [-0.1, -0.05) is 0 Å². The Morgan fingerprint density at radius 2 is 2.18 bits per heavy atom.